The smallest absolute Gasteiger partial charge is 0.234 e. The summed E-state index contributed by atoms with van der Waals surface area (Å²) < 4.78 is 0. The van der Waals surface area contributed by atoms with Crippen LogP contribution in [-0.4, -0.2) is 26.8 Å². The van der Waals surface area contributed by atoms with Crippen molar-refractivity contribution < 1.29 is 4.79 Å². The zero-order valence-electron chi connectivity index (χ0n) is 15.1. The second-order valence-corrected chi connectivity index (χ2v) is 7.36. The first-order chi connectivity index (χ1) is 12.5. The Kier molecular flexibility index (Phi) is 5.73. The van der Waals surface area contributed by atoms with E-state index in [-0.39, 0.29) is 11.7 Å². The van der Waals surface area contributed by atoms with Gasteiger partial charge in [-0.05, 0) is 30.5 Å². The quantitative estimate of drug-likeness (QED) is 0.624. The highest BCUT2D eigenvalue weighted by Crippen LogP contribution is 2.24. The largest absolute Gasteiger partial charge is 0.325 e. The zero-order chi connectivity index (χ0) is 18.5. The van der Waals surface area contributed by atoms with E-state index in [1.54, 1.807) is 0 Å². The molecule has 2 aromatic carbocycles. The molecule has 0 fully saturated rings. The Morgan fingerprint density at radius 1 is 1.19 bits per heavy atom. The van der Waals surface area contributed by atoms with Crippen LogP contribution in [0.5, 0.6) is 0 Å². The minimum absolute atomic E-state index is 0.0648. The molecule has 3 rings (SSSR count). The van der Waals surface area contributed by atoms with Gasteiger partial charge < -0.3 is 5.32 Å². The van der Waals surface area contributed by atoms with Gasteiger partial charge in [-0.3, -0.25) is 9.89 Å². The maximum atomic E-state index is 12.3. The van der Waals surface area contributed by atoms with Crippen LogP contribution in [0.25, 0.3) is 11.4 Å². The highest BCUT2D eigenvalue weighted by Gasteiger charge is 2.12. The molecule has 0 bridgehead atoms. The van der Waals surface area contributed by atoms with E-state index >= 15 is 0 Å². The number of rotatable bonds is 6. The number of nitrogens with one attached hydrogen (secondary N) is 2. The topological polar surface area (TPSA) is 70.7 Å². The van der Waals surface area contributed by atoms with Gasteiger partial charge in [0.05, 0.1) is 5.75 Å². The van der Waals surface area contributed by atoms with E-state index in [0.29, 0.717) is 16.9 Å². The molecule has 134 valence electrons. The molecule has 1 amide bonds. The third kappa shape index (κ3) is 4.52. The van der Waals surface area contributed by atoms with E-state index < -0.39 is 0 Å². The predicted octanol–water partition coefficient (Wildman–Crippen LogP) is 4.63. The molecule has 0 saturated carbocycles. The molecule has 0 aliphatic rings. The molecule has 5 nitrogen and oxygen atoms in total. The number of para-hydroxylation sites is 1. The Hall–Kier alpha value is -2.60. The molecule has 0 aliphatic heterocycles. The average Bonchev–Trinajstić information content (AvgIpc) is 3.09. The third-order valence-electron chi connectivity index (χ3n) is 3.95. The number of hydrogen-bond acceptors (Lipinski definition) is 4. The van der Waals surface area contributed by atoms with Gasteiger partial charge in [0.25, 0.3) is 0 Å². The third-order valence-corrected chi connectivity index (χ3v) is 4.79. The fourth-order valence-corrected chi connectivity index (χ4v) is 3.26. The van der Waals surface area contributed by atoms with Crippen molar-refractivity contribution in [3.8, 4) is 11.4 Å². The summed E-state index contributed by atoms with van der Waals surface area (Å²) in [6.45, 7) is 6.26. The highest BCUT2D eigenvalue weighted by atomic mass is 32.2. The minimum atomic E-state index is -0.0648. The van der Waals surface area contributed by atoms with Crippen molar-refractivity contribution in [3.05, 3.63) is 59.7 Å². The van der Waals surface area contributed by atoms with Gasteiger partial charge in [0.2, 0.25) is 11.1 Å². The van der Waals surface area contributed by atoms with Crippen LogP contribution in [0, 0.1) is 6.92 Å². The van der Waals surface area contributed by atoms with Crippen molar-refractivity contribution >= 4 is 23.4 Å². The van der Waals surface area contributed by atoms with Crippen molar-refractivity contribution in [1.29, 1.82) is 0 Å². The zero-order valence-corrected chi connectivity index (χ0v) is 15.9. The Bertz CT molecular complexity index is 904. The summed E-state index contributed by atoms with van der Waals surface area (Å²) in [6.07, 6.45) is 0. The van der Waals surface area contributed by atoms with Crippen molar-refractivity contribution in [1.82, 2.24) is 15.2 Å². The lowest BCUT2D eigenvalue weighted by Crippen LogP contribution is -2.15. The molecule has 0 unspecified atom stereocenters. The molecular formula is C20H22N4OS. The van der Waals surface area contributed by atoms with Crippen LogP contribution >= 0.6 is 11.8 Å². The van der Waals surface area contributed by atoms with Crippen molar-refractivity contribution in [2.75, 3.05) is 11.1 Å². The maximum absolute atomic E-state index is 12.3. The van der Waals surface area contributed by atoms with E-state index in [1.165, 1.54) is 11.8 Å². The molecule has 0 radical (unpaired) electrons. The molecule has 6 heteroatoms. The first-order valence-corrected chi connectivity index (χ1v) is 9.52. The highest BCUT2D eigenvalue weighted by molar-refractivity contribution is 7.99. The first-order valence-electron chi connectivity index (χ1n) is 8.54. The van der Waals surface area contributed by atoms with Crippen LogP contribution in [0.2, 0.25) is 0 Å². The average molecular weight is 366 g/mol. The number of hydrogen-bond donors (Lipinski definition) is 2. The molecule has 26 heavy (non-hydrogen) atoms. The number of benzene rings is 2. The molecule has 0 saturated heterocycles. The SMILES string of the molecule is Cc1cccc(-c2nc(SCC(=O)Nc3ccccc3C(C)C)n[nH]2)c1. The van der Waals surface area contributed by atoms with E-state index in [9.17, 15) is 4.79 Å². The number of anilines is 1. The summed E-state index contributed by atoms with van der Waals surface area (Å²) >= 11 is 1.32. The number of amides is 1. The number of aromatic nitrogens is 3. The molecular weight excluding hydrogens is 344 g/mol. The van der Waals surface area contributed by atoms with E-state index in [1.807, 2.05) is 55.5 Å². The van der Waals surface area contributed by atoms with Crippen molar-refractivity contribution in [2.24, 2.45) is 0 Å². The summed E-state index contributed by atoms with van der Waals surface area (Å²) in [5, 5.41) is 10.7. The predicted molar refractivity (Wildman–Crippen MR) is 106 cm³/mol. The van der Waals surface area contributed by atoms with Crippen LogP contribution in [0.3, 0.4) is 0 Å². The number of aromatic amines is 1. The Morgan fingerprint density at radius 3 is 2.77 bits per heavy atom. The summed E-state index contributed by atoms with van der Waals surface area (Å²) in [5.74, 6) is 1.26. The maximum Gasteiger partial charge on any atom is 0.234 e. The lowest BCUT2D eigenvalue weighted by atomic mass is 10.0. The summed E-state index contributed by atoms with van der Waals surface area (Å²) in [5.41, 5.74) is 4.14. The van der Waals surface area contributed by atoms with Gasteiger partial charge in [-0.15, -0.1) is 5.10 Å². The van der Waals surface area contributed by atoms with Gasteiger partial charge in [-0.2, -0.15) is 0 Å². The van der Waals surface area contributed by atoms with Crippen molar-refractivity contribution in [2.45, 2.75) is 31.8 Å². The van der Waals surface area contributed by atoms with E-state index in [2.05, 4.69) is 34.3 Å². The Balaban J connectivity index is 1.61. The first kappa shape index (κ1) is 18.2. The number of nitrogens with zero attached hydrogens (tertiary/aromatic N) is 2. The molecule has 2 N–H and O–H groups in total. The number of carbonyl (C=O) groups is 1. The van der Waals surface area contributed by atoms with Gasteiger partial charge in [-0.1, -0.05) is 67.6 Å². The van der Waals surface area contributed by atoms with Crippen LogP contribution in [-0.2, 0) is 4.79 Å². The van der Waals surface area contributed by atoms with Crippen LogP contribution < -0.4 is 5.32 Å². The number of thioether (sulfide) groups is 1. The number of aryl methyl sites for hydroxylation is 1. The molecule has 0 spiro atoms. The van der Waals surface area contributed by atoms with E-state index in [0.717, 1.165) is 22.4 Å². The van der Waals surface area contributed by atoms with Gasteiger partial charge in [0, 0.05) is 11.3 Å². The van der Waals surface area contributed by atoms with Gasteiger partial charge in [0.1, 0.15) is 0 Å². The number of carbonyl (C=O) groups excluding carboxylic acids is 1. The van der Waals surface area contributed by atoms with Gasteiger partial charge in [-0.25, -0.2) is 4.98 Å². The molecule has 3 aromatic rings. The number of H-pyrrole nitrogens is 1. The Morgan fingerprint density at radius 2 is 2.00 bits per heavy atom. The summed E-state index contributed by atoms with van der Waals surface area (Å²) in [7, 11) is 0. The molecule has 1 aromatic heterocycles. The normalized spacial score (nSPS) is 10.9. The summed E-state index contributed by atoms with van der Waals surface area (Å²) in [4.78, 5) is 16.7. The fraction of sp³-hybridized carbons (Fsp3) is 0.250. The minimum Gasteiger partial charge on any atom is -0.325 e. The second kappa shape index (κ2) is 8.19. The van der Waals surface area contributed by atoms with E-state index in [4.69, 9.17) is 0 Å². The lowest BCUT2D eigenvalue weighted by molar-refractivity contribution is -0.113. The second-order valence-electron chi connectivity index (χ2n) is 6.41. The van der Waals surface area contributed by atoms with Gasteiger partial charge >= 0.3 is 0 Å². The molecule has 0 atom stereocenters. The van der Waals surface area contributed by atoms with Crippen LogP contribution in [0.4, 0.5) is 5.69 Å². The van der Waals surface area contributed by atoms with Crippen molar-refractivity contribution in [3.63, 3.8) is 0 Å². The molecule has 0 aliphatic carbocycles. The van der Waals surface area contributed by atoms with Crippen LogP contribution in [0.1, 0.15) is 30.9 Å². The molecule has 1 heterocycles. The van der Waals surface area contributed by atoms with Crippen LogP contribution in [0.15, 0.2) is 53.7 Å². The lowest BCUT2D eigenvalue weighted by Gasteiger charge is -2.13. The summed E-state index contributed by atoms with van der Waals surface area (Å²) in [6, 6.07) is 15.9. The Labute approximate surface area is 157 Å². The standard InChI is InChI=1S/C20H22N4OS/c1-13(2)16-9-4-5-10-17(16)21-18(25)12-26-20-22-19(23-24-20)15-8-6-7-14(3)11-15/h4-11,13H,12H2,1-3H3,(H,21,25)(H,22,23,24). The fourth-order valence-electron chi connectivity index (χ4n) is 2.66. The van der Waals surface area contributed by atoms with Gasteiger partial charge in [0.15, 0.2) is 5.82 Å². The monoisotopic (exact) mass is 366 g/mol.